The van der Waals surface area contributed by atoms with Crippen LogP contribution in [0.15, 0.2) is 40.3 Å². The molecule has 9 nitrogen and oxygen atoms in total. The molecule has 1 heterocycles. The summed E-state index contributed by atoms with van der Waals surface area (Å²) in [7, 11) is 3.98. The fraction of sp³-hybridized carbons (Fsp3) is 0.633. The van der Waals surface area contributed by atoms with E-state index in [4.69, 9.17) is 4.42 Å². The first-order valence-corrected chi connectivity index (χ1v) is 14.6. The third kappa shape index (κ3) is 12.6. The van der Waals surface area contributed by atoms with Gasteiger partial charge in [-0.3, -0.25) is 14.4 Å². The number of aromatic nitrogens is 2. The van der Waals surface area contributed by atoms with E-state index >= 15 is 0 Å². The molecule has 2 aromatic rings. The van der Waals surface area contributed by atoms with Gasteiger partial charge in [0.1, 0.15) is 0 Å². The fourth-order valence-electron chi connectivity index (χ4n) is 4.54. The van der Waals surface area contributed by atoms with Crippen LogP contribution >= 0.6 is 11.8 Å². The van der Waals surface area contributed by atoms with E-state index in [9.17, 15) is 14.4 Å². The summed E-state index contributed by atoms with van der Waals surface area (Å²) in [6, 6.07) is 6.93. The predicted octanol–water partition coefficient (Wildman–Crippen LogP) is 5.61. The second kappa shape index (κ2) is 17.9. The summed E-state index contributed by atoms with van der Waals surface area (Å²) < 4.78 is 4.89. The Morgan fingerprint density at radius 2 is 1.85 bits per heavy atom. The van der Waals surface area contributed by atoms with E-state index in [-0.39, 0.29) is 38.4 Å². The minimum atomic E-state index is -0.460. The maximum absolute atomic E-state index is 13.0. The highest BCUT2D eigenvalue weighted by atomic mass is 32.2. The predicted molar refractivity (Wildman–Crippen MR) is 163 cm³/mol. The fourth-order valence-corrected chi connectivity index (χ4v) is 5.13. The molecule has 1 unspecified atom stereocenters. The van der Waals surface area contributed by atoms with Crippen molar-refractivity contribution in [3.8, 4) is 0 Å². The van der Waals surface area contributed by atoms with E-state index in [1.165, 1.54) is 13.3 Å². The van der Waals surface area contributed by atoms with Crippen LogP contribution in [-0.2, 0) is 16.1 Å². The van der Waals surface area contributed by atoms with Crippen LogP contribution in [0.4, 0.5) is 0 Å². The Morgan fingerprint density at radius 3 is 2.42 bits per heavy atom. The molecule has 1 fully saturated rings. The van der Waals surface area contributed by atoms with E-state index in [2.05, 4.69) is 39.6 Å². The zero-order chi connectivity index (χ0) is 28.9. The van der Waals surface area contributed by atoms with Gasteiger partial charge in [0, 0.05) is 24.8 Å². The van der Waals surface area contributed by atoms with Crippen molar-refractivity contribution in [2.45, 2.75) is 103 Å². The van der Waals surface area contributed by atoms with Gasteiger partial charge in [-0.1, -0.05) is 71.9 Å². The van der Waals surface area contributed by atoms with E-state index in [0.717, 1.165) is 37.8 Å². The molecule has 1 saturated carbocycles. The van der Waals surface area contributed by atoms with Gasteiger partial charge in [0.15, 0.2) is 5.78 Å². The summed E-state index contributed by atoms with van der Waals surface area (Å²) in [6.07, 6.45) is 5.41. The second-order valence-corrected chi connectivity index (χ2v) is 12.6. The van der Waals surface area contributed by atoms with Crippen LogP contribution in [0.25, 0.3) is 0 Å². The average molecular weight is 578 g/mol. The highest BCUT2D eigenvalue weighted by Crippen LogP contribution is 2.26. The Hall–Kier alpha value is -2.72. The first kappa shape index (κ1) is 35.3. The van der Waals surface area contributed by atoms with Gasteiger partial charge in [0.05, 0.1) is 12.0 Å². The summed E-state index contributed by atoms with van der Waals surface area (Å²) in [5.41, 5.74) is 1.68. The third-order valence-electron chi connectivity index (χ3n) is 6.30. The molecule has 226 valence electrons. The van der Waals surface area contributed by atoms with Crippen LogP contribution in [-0.4, -0.2) is 64.1 Å². The number of carbonyl (C=O) groups excluding carboxylic acids is 3. The molecular formula is C30H51N5O4S. The molecule has 1 aliphatic carbocycles. The van der Waals surface area contributed by atoms with Gasteiger partial charge in [0.25, 0.3) is 11.1 Å². The average Bonchev–Trinajstić information content (AvgIpc) is 3.36. The summed E-state index contributed by atoms with van der Waals surface area (Å²) >= 11 is 1.56. The number of Topliss-reactive ketones (excluding diaryl/α,β-unsaturated/α-hetero) is 1. The molecule has 1 aliphatic rings. The zero-order valence-corrected chi connectivity index (χ0v) is 25.2. The third-order valence-corrected chi connectivity index (χ3v) is 7.15. The lowest BCUT2D eigenvalue weighted by atomic mass is 9.83. The Bertz CT molecular complexity index is 1050. The molecule has 1 aromatic heterocycles. The molecule has 0 bridgehead atoms. The smallest absolute Gasteiger partial charge is 0.276 e. The highest BCUT2D eigenvalue weighted by Gasteiger charge is 2.34. The van der Waals surface area contributed by atoms with Gasteiger partial charge in [0.2, 0.25) is 12.3 Å². The number of rotatable bonds is 11. The molecular weight excluding hydrogens is 526 g/mol. The summed E-state index contributed by atoms with van der Waals surface area (Å²) in [6.45, 7) is 10.5. The number of ketones is 1. The molecule has 2 N–H and O–H groups in total. The summed E-state index contributed by atoms with van der Waals surface area (Å²) in [4.78, 5) is 39.9. The highest BCUT2D eigenvalue weighted by molar-refractivity contribution is 7.99. The molecule has 0 spiro atoms. The van der Waals surface area contributed by atoms with Crippen LogP contribution < -0.4 is 10.6 Å². The Labute approximate surface area is 246 Å². The molecule has 3 rings (SSSR count). The number of benzene rings is 1. The van der Waals surface area contributed by atoms with E-state index in [1.54, 1.807) is 17.8 Å². The Morgan fingerprint density at radius 1 is 1.15 bits per heavy atom. The first-order valence-electron chi connectivity index (χ1n) is 13.7. The van der Waals surface area contributed by atoms with Gasteiger partial charge in [-0.05, 0) is 63.9 Å². The lowest BCUT2D eigenvalue weighted by Gasteiger charge is -2.32. The van der Waals surface area contributed by atoms with Gasteiger partial charge < -0.3 is 20.0 Å². The largest absolute Gasteiger partial charge is 0.419 e. The van der Waals surface area contributed by atoms with Crippen LogP contribution in [0, 0.1) is 11.8 Å². The van der Waals surface area contributed by atoms with Gasteiger partial charge >= 0.3 is 0 Å². The van der Waals surface area contributed by atoms with Gasteiger partial charge in [-0.2, -0.15) is 0 Å². The van der Waals surface area contributed by atoms with Gasteiger partial charge in [-0.25, -0.2) is 0 Å². The maximum atomic E-state index is 13.0. The Kier molecular flexibility index (Phi) is 15.8. The quantitative estimate of drug-likeness (QED) is 0.331. The molecule has 1 aromatic carbocycles. The van der Waals surface area contributed by atoms with E-state index < -0.39 is 6.04 Å². The van der Waals surface area contributed by atoms with E-state index in [1.807, 2.05) is 46.1 Å². The number of nitrogens with one attached hydrogen (secondary N) is 2. The zero-order valence-electron chi connectivity index (χ0n) is 24.4. The standard InChI is InChI=1S/C24H37N3O3.C5H8N2OS.CH4.H2/c1-16(2)13-22(17(3)28)26-24(30)20-11-6-7-12-21(20)25-23(29)19-10-8-9-18(14-19)15-27(4)5;1-4(2)9-5-7-6-3-8-5;;/h8-10,14,16,20-22H,6-7,11-13,15H2,1-5H3,(H,25,29)(H,26,30);3-4H,1-2H3;1H4;1H/t20-,21+,22?;;;/m1.../s1. The van der Waals surface area contributed by atoms with Crippen LogP contribution in [0.3, 0.4) is 0 Å². The van der Waals surface area contributed by atoms with Crippen molar-refractivity contribution in [1.29, 1.82) is 0 Å². The number of amides is 2. The number of hydrogen-bond acceptors (Lipinski definition) is 8. The summed E-state index contributed by atoms with van der Waals surface area (Å²) in [5, 5.41) is 14.4. The van der Waals surface area contributed by atoms with Crippen molar-refractivity contribution in [1.82, 2.24) is 25.7 Å². The molecule has 40 heavy (non-hydrogen) atoms. The molecule has 0 aliphatic heterocycles. The molecule has 3 atom stereocenters. The minimum Gasteiger partial charge on any atom is -0.419 e. The molecule has 0 radical (unpaired) electrons. The van der Waals surface area contributed by atoms with Gasteiger partial charge in [-0.15, -0.1) is 10.2 Å². The Balaban J connectivity index is 0.00000124. The van der Waals surface area contributed by atoms with Crippen LogP contribution in [0.2, 0.25) is 0 Å². The molecule has 2 amide bonds. The van der Waals surface area contributed by atoms with Crippen molar-refractivity contribution in [3.05, 3.63) is 41.8 Å². The molecule has 10 heteroatoms. The van der Waals surface area contributed by atoms with Crippen molar-refractivity contribution in [2.75, 3.05) is 14.1 Å². The SMILES string of the molecule is C.CC(=O)C(CC(C)C)NC(=O)[C@@H]1CCCC[C@@H]1NC(=O)c1cccc(CN(C)C)c1.CC(C)Sc1nnco1.[HH]. The first-order chi connectivity index (χ1) is 18.5. The number of nitrogens with zero attached hydrogens (tertiary/aromatic N) is 3. The van der Waals surface area contributed by atoms with E-state index in [0.29, 0.717) is 28.4 Å². The van der Waals surface area contributed by atoms with Crippen LogP contribution in [0.5, 0.6) is 0 Å². The monoisotopic (exact) mass is 577 g/mol. The lowest BCUT2D eigenvalue weighted by Crippen LogP contribution is -2.51. The maximum Gasteiger partial charge on any atom is 0.276 e. The topological polar surface area (TPSA) is 117 Å². The number of thioether (sulfide) groups is 1. The van der Waals surface area contributed by atoms with Crippen LogP contribution in [0.1, 0.15) is 91.5 Å². The normalized spacial score (nSPS) is 17.4. The van der Waals surface area contributed by atoms with Crippen molar-refractivity contribution < 1.29 is 20.2 Å². The lowest BCUT2D eigenvalue weighted by molar-refractivity contribution is -0.131. The molecule has 0 saturated heterocycles. The number of hydrogen-bond donors (Lipinski definition) is 2. The summed E-state index contributed by atoms with van der Waals surface area (Å²) in [5.74, 6) is -0.281. The minimum absolute atomic E-state index is 0. The van der Waals surface area contributed by atoms with Crippen molar-refractivity contribution in [2.24, 2.45) is 11.8 Å². The number of carbonyl (C=O) groups is 3. The van der Waals surface area contributed by atoms with Crippen molar-refractivity contribution in [3.63, 3.8) is 0 Å². The van der Waals surface area contributed by atoms with Crippen molar-refractivity contribution >= 4 is 29.4 Å². The second-order valence-electron chi connectivity index (χ2n) is 11.1.